The van der Waals surface area contributed by atoms with Gasteiger partial charge in [-0.1, -0.05) is 176 Å². The van der Waals surface area contributed by atoms with E-state index in [1.54, 1.807) is 0 Å². The Kier molecular flexibility index (Phi) is 9.61. The highest BCUT2D eigenvalue weighted by atomic mass is 16.3. The minimum atomic E-state index is -0.179. The van der Waals surface area contributed by atoms with Crippen LogP contribution < -0.4 is 26.2 Å². The summed E-state index contributed by atoms with van der Waals surface area (Å²) in [6.07, 6.45) is 0. The van der Waals surface area contributed by atoms with Crippen LogP contribution in [0.1, 0.15) is 0 Å². The van der Waals surface area contributed by atoms with E-state index in [0.717, 1.165) is 166 Å². The summed E-state index contributed by atoms with van der Waals surface area (Å²) in [7, 11) is 0. The summed E-state index contributed by atoms with van der Waals surface area (Å²) in [6.45, 7) is -0.179. The average molecular weight is 1090 g/mol. The van der Waals surface area contributed by atoms with Crippen LogP contribution in [0.25, 0.3) is 132 Å². The van der Waals surface area contributed by atoms with E-state index in [-0.39, 0.29) is 6.71 Å². The van der Waals surface area contributed by atoms with Gasteiger partial charge >= 0.3 is 0 Å². The maximum atomic E-state index is 6.54. The van der Waals surface area contributed by atoms with Crippen LogP contribution in [0.5, 0.6) is 0 Å². The van der Waals surface area contributed by atoms with Gasteiger partial charge in [0.05, 0.1) is 0 Å². The van der Waals surface area contributed by atoms with E-state index < -0.39 is 0 Å². The third-order valence-electron chi connectivity index (χ3n) is 18.1. The van der Waals surface area contributed by atoms with E-state index in [2.05, 4.69) is 259 Å². The quantitative estimate of drug-likeness (QED) is 0.155. The molecule has 0 N–H and O–H groups in total. The number of hydrogen-bond donors (Lipinski definition) is 0. The van der Waals surface area contributed by atoms with E-state index in [4.69, 9.17) is 17.7 Å². The minimum Gasteiger partial charge on any atom is -0.456 e. The first-order chi connectivity index (χ1) is 42.1. The summed E-state index contributed by atoms with van der Waals surface area (Å²) in [5.41, 5.74) is 26.3. The third-order valence-corrected chi connectivity index (χ3v) is 18.1. The van der Waals surface area contributed by atoms with Crippen LogP contribution in [0, 0.1) is 0 Å². The maximum Gasteiger partial charge on any atom is 0.252 e. The van der Waals surface area contributed by atoms with Crippen LogP contribution in [0.4, 0.5) is 34.1 Å². The van der Waals surface area contributed by atoms with Crippen molar-refractivity contribution < 1.29 is 17.7 Å². The maximum absolute atomic E-state index is 6.54. The first-order valence-corrected chi connectivity index (χ1v) is 29.0. The molecule has 19 rings (SSSR count). The van der Waals surface area contributed by atoms with Crippen molar-refractivity contribution in [2.75, 3.05) is 9.80 Å². The van der Waals surface area contributed by atoms with Gasteiger partial charge in [0.2, 0.25) is 0 Å². The van der Waals surface area contributed by atoms with Crippen molar-refractivity contribution in [3.05, 3.63) is 273 Å². The largest absolute Gasteiger partial charge is 0.456 e. The topological polar surface area (TPSA) is 59.0 Å². The van der Waals surface area contributed by atoms with Crippen LogP contribution >= 0.6 is 0 Å². The van der Waals surface area contributed by atoms with Crippen molar-refractivity contribution in [3.8, 4) is 44.5 Å². The molecule has 13 aromatic carbocycles. The van der Waals surface area contributed by atoms with Crippen molar-refractivity contribution in [2.45, 2.75) is 0 Å². The second-order valence-corrected chi connectivity index (χ2v) is 22.6. The molecule has 0 saturated carbocycles. The Morgan fingerprint density at radius 1 is 0.235 bits per heavy atom. The number of benzene rings is 13. The smallest absolute Gasteiger partial charge is 0.252 e. The van der Waals surface area contributed by atoms with Gasteiger partial charge in [0.15, 0.2) is 0 Å². The van der Waals surface area contributed by atoms with Crippen molar-refractivity contribution in [3.63, 3.8) is 0 Å². The third kappa shape index (κ3) is 6.72. The molecule has 4 aromatic heterocycles. The first-order valence-electron chi connectivity index (χ1n) is 29.0. The number of anilines is 6. The van der Waals surface area contributed by atoms with Gasteiger partial charge in [0.25, 0.3) is 6.71 Å². The highest BCUT2D eigenvalue weighted by Crippen LogP contribution is 2.48. The molecule has 0 amide bonds. The standard InChI is InChI=1S/C78H45BN2O4/c1-5-24-66-56(14-1)74-52(18-9-28-70(74)82-66)46-32-38-50(39-33-46)80-62-42-36-48(54-20-11-30-72-76(54)58-16-3-7-26-68(58)84-72)44-60(62)79-61-45-49(55-21-12-31-73-77(55)59-17-4-8-27-69(59)85-73)37-43-63(61)81(65-23-13-22-64(80)78(65)79)51-40-34-47(35-41-51)53-19-10-29-71-75(53)57-15-2-6-25-67(57)83-71/h1-45H. The van der Waals surface area contributed by atoms with E-state index >= 15 is 0 Å². The molecule has 6 nitrogen and oxygen atoms in total. The summed E-state index contributed by atoms with van der Waals surface area (Å²) in [6, 6.07) is 98.5. The molecular weight excluding hydrogens is 1040 g/mol. The number of rotatable bonds is 6. The Labute approximate surface area is 487 Å². The molecular formula is C78H45BN2O4. The summed E-state index contributed by atoms with van der Waals surface area (Å²) in [5, 5.41) is 8.90. The summed E-state index contributed by atoms with van der Waals surface area (Å²) in [4.78, 5) is 4.98. The molecule has 0 radical (unpaired) electrons. The molecule has 2 aliphatic heterocycles. The lowest BCUT2D eigenvalue weighted by Crippen LogP contribution is -2.61. The zero-order valence-corrected chi connectivity index (χ0v) is 45.6. The van der Waals surface area contributed by atoms with Gasteiger partial charge in [0.1, 0.15) is 44.7 Å². The van der Waals surface area contributed by atoms with Gasteiger partial charge in [-0.25, -0.2) is 0 Å². The molecule has 2 aliphatic rings. The van der Waals surface area contributed by atoms with Gasteiger partial charge in [0, 0.05) is 77.2 Å². The van der Waals surface area contributed by atoms with Crippen molar-refractivity contribution >= 4 is 145 Å². The molecule has 0 bridgehead atoms. The monoisotopic (exact) mass is 1080 g/mol. The number of hydrogen-bond acceptors (Lipinski definition) is 6. The molecule has 0 fully saturated rings. The van der Waals surface area contributed by atoms with Crippen molar-refractivity contribution in [1.82, 2.24) is 0 Å². The zero-order valence-electron chi connectivity index (χ0n) is 45.6. The number of furan rings is 4. The molecule has 85 heavy (non-hydrogen) atoms. The second-order valence-electron chi connectivity index (χ2n) is 22.6. The highest BCUT2D eigenvalue weighted by molar-refractivity contribution is 7.00. The van der Waals surface area contributed by atoms with Crippen molar-refractivity contribution in [2.24, 2.45) is 0 Å². The van der Waals surface area contributed by atoms with E-state index in [0.29, 0.717) is 0 Å². The van der Waals surface area contributed by atoms with Gasteiger partial charge in [-0.2, -0.15) is 0 Å². The lowest BCUT2D eigenvalue weighted by Gasteiger charge is -2.44. The molecule has 394 valence electrons. The van der Waals surface area contributed by atoms with Crippen LogP contribution in [0.3, 0.4) is 0 Å². The average Bonchev–Trinajstić information content (AvgIpc) is 1.74. The summed E-state index contributed by atoms with van der Waals surface area (Å²) >= 11 is 0. The zero-order chi connectivity index (χ0) is 55.4. The predicted molar refractivity (Wildman–Crippen MR) is 351 cm³/mol. The Bertz CT molecular complexity index is 5300. The van der Waals surface area contributed by atoms with Crippen LogP contribution in [-0.2, 0) is 0 Å². The number of para-hydroxylation sites is 4. The van der Waals surface area contributed by atoms with Gasteiger partial charge < -0.3 is 27.5 Å². The Morgan fingerprint density at radius 2 is 0.529 bits per heavy atom. The lowest BCUT2D eigenvalue weighted by atomic mass is 9.33. The lowest BCUT2D eigenvalue weighted by molar-refractivity contribution is 0.668. The van der Waals surface area contributed by atoms with Crippen LogP contribution in [0.2, 0.25) is 0 Å². The van der Waals surface area contributed by atoms with Crippen LogP contribution in [-0.4, -0.2) is 6.71 Å². The minimum absolute atomic E-state index is 0.179. The van der Waals surface area contributed by atoms with E-state index in [9.17, 15) is 0 Å². The molecule has 0 saturated heterocycles. The van der Waals surface area contributed by atoms with Gasteiger partial charge in [-0.3, -0.25) is 0 Å². The molecule has 0 aliphatic carbocycles. The summed E-state index contributed by atoms with van der Waals surface area (Å²) in [5.74, 6) is 0. The SMILES string of the molecule is c1cc2c3c(c1)N(c1ccc(-c4cccc5oc6ccccc6c45)cc1)c1ccc(-c4cccc5oc6ccccc6c45)cc1B3c1cc(-c3cccc4oc5ccccc5c34)ccc1N2c1ccc(-c2cccc3oc4ccccc4c23)cc1. The fraction of sp³-hybridized carbons (Fsp3) is 0. The highest BCUT2D eigenvalue weighted by Gasteiger charge is 2.44. The fourth-order valence-corrected chi connectivity index (χ4v) is 14.5. The van der Waals surface area contributed by atoms with Crippen molar-refractivity contribution in [1.29, 1.82) is 0 Å². The molecule has 0 atom stereocenters. The van der Waals surface area contributed by atoms with E-state index in [1.165, 1.54) is 16.4 Å². The number of fused-ring (bicyclic) bond motifs is 16. The number of nitrogens with zero attached hydrogens (tertiary/aromatic N) is 2. The predicted octanol–water partition coefficient (Wildman–Crippen LogP) is 20.0. The van der Waals surface area contributed by atoms with Gasteiger partial charge in [-0.05, 0) is 158 Å². The van der Waals surface area contributed by atoms with Crippen LogP contribution in [0.15, 0.2) is 291 Å². The Hall–Kier alpha value is -11.3. The molecule has 0 unspecified atom stereocenters. The first kappa shape index (κ1) is 46.3. The van der Waals surface area contributed by atoms with Gasteiger partial charge in [-0.15, -0.1) is 0 Å². The molecule has 6 heterocycles. The Balaban J connectivity index is 0.849. The normalized spacial score (nSPS) is 12.9. The summed E-state index contributed by atoms with van der Waals surface area (Å²) < 4.78 is 25.9. The molecule has 17 aromatic rings. The fourth-order valence-electron chi connectivity index (χ4n) is 14.5. The molecule has 0 spiro atoms. The molecule has 7 heteroatoms. The Morgan fingerprint density at radius 3 is 0.882 bits per heavy atom. The second kappa shape index (κ2) is 17.6. The van der Waals surface area contributed by atoms with E-state index in [1.807, 2.05) is 24.3 Å².